The second kappa shape index (κ2) is 4.97. The Morgan fingerprint density at radius 2 is 2.11 bits per heavy atom. The Kier molecular flexibility index (Phi) is 3.31. The van der Waals surface area contributed by atoms with E-state index < -0.39 is 0 Å². The molecule has 2 unspecified atom stereocenters. The number of rotatable bonds is 4. The molecule has 1 fully saturated rings. The van der Waals surface area contributed by atoms with Gasteiger partial charge in [-0.25, -0.2) is 0 Å². The van der Waals surface area contributed by atoms with Crippen LogP contribution in [0.15, 0.2) is 24.3 Å². The van der Waals surface area contributed by atoms with Crippen molar-refractivity contribution in [3.05, 3.63) is 35.4 Å². The van der Waals surface area contributed by atoms with Gasteiger partial charge in [0.05, 0.1) is 6.04 Å². The highest BCUT2D eigenvalue weighted by Crippen LogP contribution is 2.42. The van der Waals surface area contributed by atoms with E-state index in [1.54, 1.807) is 0 Å². The van der Waals surface area contributed by atoms with Crippen molar-refractivity contribution in [3.63, 3.8) is 0 Å². The van der Waals surface area contributed by atoms with E-state index in [1.165, 1.54) is 11.1 Å². The molecule has 2 aliphatic carbocycles. The number of fused-ring (bicyclic) bond motifs is 1. The highest BCUT2D eigenvalue weighted by atomic mass is 16.2. The summed E-state index contributed by atoms with van der Waals surface area (Å²) in [5, 5.41) is 0. The number of amides is 1. The summed E-state index contributed by atoms with van der Waals surface area (Å²) in [7, 11) is 0. The third-order valence-electron chi connectivity index (χ3n) is 4.41. The van der Waals surface area contributed by atoms with E-state index in [9.17, 15) is 4.79 Å². The minimum atomic E-state index is -0.0617. The first-order valence-corrected chi connectivity index (χ1v) is 7.32. The van der Waals surface area contributed by atoms with Gasteiger partial charge in [-0.1, -0.05) is 31.2 Å². The number of hydrogen-bond donors (Lipinski definition) is 1. The Balaban J connectivity index is 1.88. The van der Waals surface area contributed by atoms with Crippen molar-refractivity contribution in [2.24, 2.45) is 11.7 Å². The molecule has 0 aromatic heterocycles. The minimum Gasteiger partial charge on any atom is -0.332 e. The zero-order valence-corrected chi connectivity index (χ0v) is 11.5. The predicted octanol–water partition coefficient (Wildman–Crippen LogP) is 2.26. The molecule has 0 aliphatic heterocycles. The molecule has 0 saturated heterocycles. The largest absolute Gasteiger partial charge is 0.332 e. The van der Waals surface area contributed by atoms with Crippen molar-refractivity contribution in [2.75, 3.05) is 6.54 Å². The normalized spacial score (nSPS) is 22.9. The number of nitrogens with zero attached hydrogens (tertiary/aromatic N) is 1. The van der Waals surface area contributed by atoms with Crippen LogP contribution in [-0.4, -0.2) is 23.4 Å². The molecule has 1 aromatic carbocycles. The lowest BCUT2D eigenvalue weighted by Crippen LogP contribution is -2.41. The number of carbonyl (C=O) groups excluding carboxylic acids is 1. The maximum Gasteiger partial charge on any atom is 0.227 e. The first kappa shape index (κ1) is 12.7. The van der Waals surface area contributed by atoms with Crippen LogP contribution < -0.4 is 5.73 Å². The van der Waals surface area contributed by atoms with Gasteiger partial charge in [-0.2, -0.15) is 0 Å². The van der Waals surface area contributed by atoms with Gasteiger partial charge in [-0.15, -0.1) is 0 Å². The highest BCUT2D eigenvalue weighted by Gasteiger charge is 2.41. The Hall–Kier alpha value is -1.35. The smallest absolute Gasteiger partial charge is 0.227 e. The molecule has 2 N–H and O–H groups in total. The topological polar surface area (TPSA) is 46.3 Å². The molecular weight excluding hydrogens is 236 g/mol. The lowest BCUT2D eigenvalue weighted by atomic mass is 10.0. The first-order chi connectivity index (χ1) is 9.22. The fourth-order valence-corrected chi connectivity index (χ4v) is 3.12. The van der Waals surface area contributed by atoms with Crippen LogP contribution >= 0.6 is 0 Å². The molecular formula is C16H22N2O. The zero-order valence-electron chi connectivity index (χ0n) is 11.5. The third kappa shape index (κ3) is 2.27. The van der Waals surface area contributed by atoms with E-state index in [-0.39, 0.29) is 17.9 Å². The van der Waals surface area contributed by atoms with E-state index in [0.717, 1.165) is 25.7 Å². The number of benzene rings is 1. The molecule has 1 amide bonds. The molecule has 3 nitrogen and oxygen atoms in total. The molecule has 0 spiro atoms. The standard InChI is InChI=1S/C16H22N2O/c1-11(10-17)16(19)18(13-7-8-13)15-9-6-12-4-2-3-5-14(12)15/h2-5,11,13,15H,6-10,17H2,1H3. The average molecular weight is 258 g/mol. The fourth-order valence-electron chi connectivity index (χ4n) is 3.12. The van der Waals surface area contributed by atoms with Crippen LogP contribution in [0.3, 0.4) is 0 Å². The lowest BCUT2D eigenvalue weighted by molar-refractivity contribution is -0.138. The van der Waals surface area contributed by atoms with E-state index in [2.05, 4.69) is 29.2 Å². The summed E-state index contributed by atoms with van der Waals surface area (Å²) in [6.45, 7) is 2.38. The summed E-state index contributed by atoms with van der Waals surface area (Å²) in [6.07, 6.45) is 4.47. The first-order valence-electron chi connectivity index (χ1n) is 7.32. The molecule has 102 valence electrons. The molecule has 2 aliphatic rings. The van der Waals surface area contributed by atoms with Gasteiger partial charge in [0.15, 0.2) is 0 Å². The van der Waals surface area contributed by atoms with Crippen molar-refractivity contribution >= 4 is 5.91 Å². The number of nitrogens with two attached hydrogens (primary N) is 1. The molecule has 3 rings (SSSR count). The lowest BCUT2D eigenvalue weighted by Gasteiger charge is -2.32. The molecule has 1 aromatic rings. The van der Waals surface area contributed by atoms with Crippen molar-refractivity contribution in [2.45, 2.75) is 44.7 Å². The van der Waals surface area contributed by atoms with Gasteiger partial charge in [-0.05, 0) is 36.8 Å². The van der Waals surface area contributed by atoms with E-state index in [4.69, 9.17) is 5.73 Å². The van der Waals surface area contributed by atoms with Crippen LogP contribution in [0.4, 0.5) is 0 Å². The quantitative estimate of drug-likeness (QED) is 0.900. The van der Waals surface area contributed by atoms with Gasteiger partial charge in [0.2, 0.25) is 5.91 Å². The summed E-state index contributed by atoms with van der Waals surface area (Å²) >= 11 is 0. The number of carbonyl (C=O) groups is 1. The molecule has 0 radical (unpaired) electrons. The Morgan fingerprint density at radius 1 is 1.37 bits per heavy atom. The summed E-state index contributed by atoms with van der Waals surface area (Å²) in [4.78, 5) is 14.7. The van der Waals surface area contributed by atoms with Crippen LogP contribution in [0.25, 0.3) is 0 Å². The highest BCUT2D eigenvalue weighted by molar-refractivity contribution is 5.80. The molecule has 3 heteroatoms. The summed E-state index contributed by atoms with van der Waals surface area (Å²) < 4.78 is 0. The van der Waals surface area contributed by atoms with Crippen LogP contribution in [0.5, 0.6) is 0 Å². The zero-order chi connectivity index (χ0) is 13.4. The molecule has 0 bridgehead atoms. The van der Waals surface area contributed by atoms with Crippen LogP contribution in [0, 0.1) is 5.92 Å². The molecule has 2 atom stereocenters. The molecule has 19 heavy (non-hydrogen) atoms. The SMILES string of the molecule is CC(CN)C(=O)N(C1CC1)C1CCc2ccccc21. The average Bonchev–Trinajstić information content (AvgIpc) is 3.19. The summed E-state index contributed by atoms with van der Waals surface area (Å²) in [5.41, 5.74) is 8.44. The summed E-state index contributed by atoms with van der Waals surface area (Å²) in [6, 6.07) is 9.29. The van der Waals surface area contributed by atoms with Gasteiger partial charge in [-0.3, -0.25) is 4.79 Å². The monoisotopic (exact) mass is 258 g/mol. The molecule has 0 heterocycles. The van der Waals surface area contributed by atoms with E-state index in [1.807, 2.05) is 6.92 Å². The van der Waals surface area contributed by atoms with Gasteiger partial charge in [0.1, 0.15) is 0 Å². The number of hydrogen-bond acceptors (Lipinski definition) is 2. The van der Waals surface area contributed by atoms with Gasteiger partial charge < -0.3 is 10.6 Å². The molecule has 1 saturated carbocycles. The van der Waals surface area contributed by atoms with E-state index >= 15 is 0 Å². The van der Waals surface area contributed by atoms with Crippen molar-refractivity contribution < 1.29 is 4.79 Å². The van der Waals surface area contributed by atoms with Crippen molar-refractivity contribution in [3.8, 4) is 0 Å². The predicted molar refractivity (Wildman–Crippen MR) is 75.6 cm³/mol. The van der Waals surface area contributed by atoms with E-state index in [0.29, 0.717) is 12.6 Å². The van der Waals surface area contributed by atoms with Crippen LogP contribution in [-0.2, 0) is 11.2 Å². The van der Waals surface area contributed by atoms with Gasteiger partial charge >= 0.3 is 0 Å². The maximum atomic E-state index is 12.6. The Bertz CT molecular complexity index is 481. The van der Waals surface area contributed by atoms with Gasteiger partial charge in [0.25, 0.3) is 0 Å². The maximum absolute atomic E-state index is 12.6. The van der Waals surface area contributed by atoms with Gasteiger partial charge in [0, 0.05) is 18.5 Å². The summed E-state index contributed by atoms with van der Waals surface area (Å²) in [5.74, 6) is 0.181. The Morgan fingerprint density at radius 3 is 2.79 bits per heavy atom. The second-order valence-electron chi connectivity index (χ2n) is 5.87. The number of aryl methyl sites for hydroxylation is 1. The van der Waals surface area contributed by atoms with Crippen molar-refractivity contribution in [1.82, 2.24) is 4.90 Å². The third-order valence-corrected chi connectivity index (χ3v) is 4.41. The van der Waals surface area contributed by atoms with Crippen LogP contribution in [0.1, 0.15) is 43.4 Å². The second-order valence-corrected chi connectivity index (χ2v) is 5.87. The Labute approximate surface area is 114 Å². The van der Waals surface area contributed by atoms with Crippen LogP contribution in [0.2, 0.25) is 0 Å². The fraction of sp³-hybridized carbons (Fsp3) is 0.562. The van der Waals surface area contributed by atoms with Crippen molar-refractivity contribution in [1.29, 1.82) is 0 Å². The minimum absolute atomic E-state index is 0.0617.